The Hall–Kier alpha value is -1.20. The Kier molecular flexibility index (Phi) is 3.78. The fourth-order valence-corrected chi connectivity index (χ4v) is 4.42. The van der Waals surface area contributed by atoms with Crippen LogP contribution in [0.1, 0.15) is 31.2 Å². The van der Waals surface area contributed by atoms with Crippen LogP contribution in [-0.4, -0.2) is 66.1 Å². The van der Waals surface area contributed by atoms with Crippen LogP contribution in [0.3, 0.4) is 0 Å². The number of hydrogen-bond donors (Lipinski definition) is 0. The lowest BCUT2D eigenvalue weighted by Crippen LogP contribution is -2.29. The van der Waals surface area contributed by atoms with E-state index in [1.54, 1.807) is 0 Å². The van der Waals surface area contributed by atoms with Crippen molar-refractivity contribution >= 4 is 5.95 Å². The number of aromatic nitrogens is 2. The second-order valence-corrected chi connectivity index (χ2v) is 7.53. The van der Waals surface area contributed by atoms with E-state index >= 15 is 0 Å². The van der Waals surface area contributed by atoms with Gasteiger partial charge in [0.05, 0.1) is 0 Å². The van der Waals surface area contributed by atoms with Crippen molar-refractivity contribution in [1.29, 1.82) is 0 Å². The summed E-state index contributed by atoms with van der Waals surface area (Å²) in [6.07, 6.45) is 9.33. The van der Waals surface area contributed by atoms with Crippen LogP contribution < -0.4 is 4.90 Å². The van der Waals surface area contributed by atoms with Gasteiger partial charge in [0.25, 0.3) is 0 Å². The number of hydrogen-bond acceptors (Lipinski definition) is 5. The quantitative estimate of drug-likeness (QED) is 0.847. The second-order valence-electron chi connectivity index (χ2n) is 7.53. The van der Waals surface area contributed by atoms with Crippen molar-refractivity contribution in [2.75, 3.05) is 51.2 Å². The van der Waals surface area contributed by atoms with Crippen molar-refractivity contribution in [3.63, 3.8) is 0 Å². The van der Waals surface area contributed by atoms with Crippen LogP contribution in [0.5, 0.6) is 0 Å². The molecule has 1 unspecified atom stereocenters. The van der Waals surface area contributed by atoms with Crippen molar-refractivity contribution in [2.45, 2.75) is 32.2 Å². The van der Waals surface area contributed by atoms with Gasteiger partial charge in [-0.05, 0) is 51.2 Å². The van der Waals surface area contributed by atoms with Gasteiger partial charge in [-0.1, -0.05) is 0 Å². The molecule has 3 aliphatic heterocycles. The average Bonchev–Trinajstić information content (AvgIpc) is 3.24. The first-order valence-electron chi connectivity index (χ1n) is 8.69. The van der Waals surface area contributed by atoms with Gasteiger partial charge >= 0.3 is 0 Å². The Morgan fingerprint density at radius 1 is 1.00 bits per heavy atom. The first-order valence-corrected chi connectivity index (χ1v) is 8.69. The molecule has 3 saturated heterocycles. The lowest BCUT2D eigenvalue weighted by molar-refractivity contribution is 0.250. The summed E-state index contributed by atoms with van der Waals surface area (Å²) in [5.41, 5.74) is 1.82. The van der Waals surface area contributed by atoms with E-state index in [1.165, 1.54) is 57.4 Å². The minimum absolute atomic E-state index is 0.561. The largest absolute Gasteiger partial charge is 0.341 e. The fraction of sp³-hybridized carbons (Fsp3) is 0.765. The maximum atomic E-state index is 4.58. The molecule has 4 heterocycles. The first kappa shape index (κ1) is 14.4. The lowest BCUT2D eigenvalue weighted by Gasteiger charge is -2.24. The van der Waals surface area contributed by atoms with Crippen LogP contribution in [0.25, 0.3) is 0 Å². The van der Waals surface area contributed by atoms with E-state index in [0.717, 1.165) is 25.6 Å². The number of rotatable bonds is 3. The smallest absolute Gasteiger partial charge is 0.225 e. The van der Waals surface area contributed by atoms with Crippen molar-refractivity contribution < 1.29 is 0 Å². The standard InChI is InChI=1S/C17H27N5/c1-20-8-4-17(13-20)5-9-21(14-17)12-15-10-18-16(19-11-15)22-6-2-3-7-22/h10-11H,2-9,12-14H2,1H3. The van der Waals surface area contributed by atoms with Crippen LogP contribution >= 0.6 is 0 Å². The zero-order valence-corrected chi connectivity index (χ0v) is 13.7. The number of anilines is 1. The molecule has 5 heteroatoms. The van der Waals surface area contributed by atoms with Gasteiger partial charge in [0, 0.05) is 50.7 Å². The molecule has 0 N–H and O–H groups in total. The van der Waals surface area contributed by atoms with Crippen molar-refractivity contribution in [3.05, 3.63) is 18.0 Å². The summed E-state index contributed by atoms with van der Waals surface area (Å²) in [6, 6.07) is 0. The lowest BCUT2D eigenvalue weighted by atomic mass is 9.86. The number of likely N-dealkylation sites (tertiary alicyclic amines) is 2. The van der Waals surface area contributed by atoms with Crippen LogP contribution in [0, 0.1) is 5.41 Å². The van der Waals surface area contributed by atoms with Gasteiger partial charge in [-0.15, -0.1) is 0 Å². The molecule has 1 spiro atoms. The molecule has 0 aromatic carbocycles. The third kappa shape index (κ3) is 2.84. The summed E-state index contributed by atoms with van der Waals surface area (Å²) in [5, 5.41) is 0. The number of nitrogens with zero attached hydrogens (tertiary/aromatic N) is 5. The highest BCUT2D eigenvalue weighted by Crippen LogP contribution is 2.39. The molecule has 0 bridgehead atoms. The molecule has 5 nitrogen and oxygen atoms in total. The van der Waals surface area contributed by atoms with Crippen LogP contribution in [-0.2, 0) is 6.54 Å². The van der Waals surface area contributed by atoms with Crippen LogP contribution in [0.2, 0.25) is 0 Å². The highest BCUT2D eigenvalue weighted by atomic mass is 15.3. The minimum atomic E-state index is 0.561. The Labute approximate surface area is 133 Å². The Balaban J connectivity index is 1.35. The predicted octanol–water partition coefficient (Wildman–Crippen LogP) is 1.60. The zero-order valence-electron chi connectivity index (χ0n) is 13.7. The summed E-state index contributed by atoms with van der Waals surface area (Å²) >= 11 is 0. The summed E-state index contributed by atoms with van der Waals surface area (Å²) in [6.45, 7) is 8.23. The van der Waals surface area contributed by atoms with Gasteiger partial charge in [0.15, 0.2) is 0 Å². The molecule has 3 fully saturated rings. The SMILES string of the molecule is CN1CCC2(CCN(Cc3cnc(N4CCCC4)nc3)C2)C1. The minimum Gasteiger partial charge on any atom is -0.341 e. The van der Waals surface area contributed by atoms with E-state index in [4.69, 9.17) is 0 Å². The molecule has 22 heavy (non-hydrogen) atoms. The molecule has 120 valence electrons. The van der Waals surface area contributed by atoms with Gasteiger partial charge in [0.2, 0.25) is 5.95 Å². The van der Waals surface area contributed by atoms with Gasteiger partial charge in [0.1, 0.15) is 0 Å². The summed E-state index contributed by atoms with van der Waals surface area (Å²) in [4.78, 5) is 16.5. The zero-order chi connectivity index (χ0) is 15.0. The normalized spacial score (nSPS) is 30.0. The maximum Gasteiger partial charge on any atom is 0.225 e. The molecule has 0 radical (unpaired) electrons. The fourth-order valence-electron chi connectivity index (χ4n) is 4.42. The van der Waals surface area contributed by atoms with E-state index in [-0.39, 0.29) is 0 Å². The summed E-state index contributed by atoms with van der Waals surface area (Å²) in [7, 11) is 2.25. The molecule has 1 aromatic rings. The molecule has 0 amide bonds. The predicted molar refractivity (Wildman–Crippen MR) is 87.9 cm³/mol. The van der Waals surface area contributed by atoms with Gasteiger partial charge in [-0.3, -0.25) is 4.90 Å². The van der Waals surface area contributed by atoms with Gasteiger partial charge in [-0.2, -0.15) is 0 Å². The van der Waals surface area contributed by atoms with E-state index < -0.39 is 0 Å². The topological polar surface area (TPSA) is 35.5 Å². The van der Waals surface area contributed by atoms with Crippen molar-refractivity contribution in [2.24, 2.45) is 5.41 Å². The van der Waals surface area contributed by atoms with Gasteiger partial charge in [-0.25, -0.2) is 9.97 Å². The van der Waals surface area contributed by atoms with Crippen molar-refractivity contribution in [3.8, 4) is 0 Å². The van der Waals surface area contributed by atoms with E-state index in [0.29, 0.717) is 5.41 Å². The third-order valence-corrected chi connectivity index (χ3v) is 5.63. The summed E-state index contributed by atoms with van der Waals surface area (Å²) in [5.74, 6) is 0.913. The Morgan fingerprint density at radius 2 is 1.73 bits per heavy atom. The molecule has 3 aliphatic rings. The highest BCUT2D eigenvalue weighted by Gasteiger charge is 2.42. The van der Waals surface area contributed by atoms with Crippen molar-refractivity contribution in [1.82, 2.24) is 19.8 Å². The molecular formula is C17H27N5. The van der Waals surface area contributed by atoms with Gasteiger partial charge < -0.3 is 9.80 Å². The Morgan fingerprint density at radius 3 is 2.41 bits per heavy atom. The monoisotopic (exact) mass is 301 g/mol. The van der Waals surface area contributed by atoms with E-state index in [1.807, 2.05) is 12.4 Å². The molecular weight excluding hydrogens is 274 g/mol. The molecule has 1 aromatic heterocycles. The van der Waals surface area contributed by atoms with Crippen LogP contribution in [0.4, 0.5) is 5.95 Å². The Bertz CT molecular complexity index is 510. The van der Waals surface area contributed by atoms with E-state index in [9.17, 15) is 0 Å². The highest BCUT2D eigenvalue weighted by molar-refractivity contribution is 5.31. The molecule has 4 rings (SSSR count). The van der Waals surface area contributed by atoms with E-state index in [2.05, 4.69) is 31.7 Å². The molecule has 0 aliphatic carbocycles. The summed E-state index contributed by atoms with van der Waals surface area (Å²) < 4.78 is 0. The third-order valence-electron chi connectivity index (χ3n) is 5.63. The maximum absolute atomic E-state index is 4.58. The van der Waals surface area contributed by atoms with Crippen LogP contribution in [0.15, 0.2) is 12.4 Å². The first-order chi connectivity index (χ1) is 10.7. The second kappa shape index (κ2) is 5.78. The molecule has 0 saturated carbocycles. The average molecular weight is 301 g/mol. The molecule has 1 atom stereocenters.